The molecule has 0 saturated heterocycles. The van der Waals surface area contributed by atoms with Crippen LogP contribution in [0.5, 0.6) is 5.75 Å². The van der Waals surface area contributed by atoms with E-state index in [1.807, 2.05) is 25.1 Å². The molecule has 4 nitrogen and oxygen atoms in total. The van der Waals surface area contributed by atoms with Gasteiger partial charge in [-0.2, -0.15) is 0 Å². The van der Waals surface area contributed by atoms with Gasteiger partial charge in [-0.1, -0.05) is 12.1 Å². The topological polar surface area (TPSA) is 41.6 Å². The second-order valence-electron chi connectivity index (χ2n) is 5.00. The Morgan fingerprint density at radius 1 is 1.47 bits per heavy atom. The van der Waals surface area contributed by atoms with E-state index in [1.165, 1.54) is 18.4 Å². The Hall–Kier alpha value is -1.55. The van der Waals surface area contributed by atoms with Crippen LogP contribution in [0.15, 0.2) is 24.3 Å². The first kappa shape index (κ1) is 13.9. The Bertz CT molecular complexity index is 430. The minimum atomic E-state index is 0.00371. The second-order valence-corrected chi connectivity index (χ2v) is 5.00. The van der Waals surface area contributed by atoms with Gasteiger partial charge < -0.3 is 15.0 Å². The number of amides is 1. The number of nitrogens with zero attached hydrogens (tertiary/aromatic N) is 1. The van der Waals surface area contributed by atoms with E-state index in [0.29, 0.717) is 12.6 Å². The van der Waals surface area contributed by atoms with Crippen LogP contribution in [0.3, 0.4) is 0 Å². The summed E-state index contributed by atoms with van der Waals surface area (Å²) in [6.07, 6.45) is 2.57. The summed E-state index contributed by atoms with van der Waals surface area (Å²) in [7, 11) is 1.78. The molecule has 1 N–H and O–H groups in total. The van der Waals surface area contributed by atoms with Crippen LogP contribution in [0.25, 0.3) is 0 Å². The Balaban J connectivity index is 1.82. The number of rotatable bonds is 7. The number of likely N-dealkylation sites (N-methyl/N-ethyl adjacent to an activating group) is 1. The fraction of sp³-hybridized carbons (Fsp3) is 0.533. The lowest BCUT2D eigenvalue weighted by atomic mass is 10.2. The van der Waals surface area contributed by atoms with Crippen molar-refractivity contribution in [1.29, 1.82) is 0 Å². The number of hydrogen-bond acceptors (Lipinski definition) is 3. The van der Waals surface area contributed by atoms with Crippen molar-refractivity contribution >= 4 is 5.91 Å². The molecule has 0 aromatic heterocycles. The summed E-state index contributed by atoms with van der Waals surface area (Å²) in [5, 5.41) is 3.46. The quantitative estimate of drug-likeness (QED) is 0.814. The SMILES string of the molecule is CCN(C)C(=O)COc1cccc(CNC2CC2)c1. The lowest BCUT2D eigenvalue weighted by molar-refractivity contribution is -0.131. The molecule has 0 heterocycles. The van der Waals surface area contributed by atoms with E-state index < -0.39 is 0 Å². The molecular formula is C15H22N2O2. The first-order valence-electron chi connectivity index (χ1n) is 6.88. The molecule has 1 fully saturated rings. The van der Waals surface area contributed by atoms with Crippen molar-refractivity contribution in [3.8, 4) is 5.75 Å². The van der Waals surface area contributed by atoms with Gasteiger partial charge in [0.15, 0.2) is 6.61 Å². The maximum Gasteiger partial charge on any atom is 0.260 e. The van der Waals surface area contributed by atoms with E-state index >= 15 is 0 Å². The average Bonchev–Trinajstić information content (AvgIpc) is 3.26. The molecule has 0 radical (unpaired) electrons. The summed E-state index contributed by atoms with van der Waals surface area (Å²) in [6.45, 7) is 3.62. The first-order chi connectivity index (χ1) is 9.19. The van der Waals surface area contributed by atoms with Crippen molar-refractivity contribution in [1.82, 2.24) is 10.2 Å². The number of carbonyl (C=O) groups excluding carboxylic acids is 1. The fourth-order valence-corrected chi connectivity index (χ4v) is 1.73. The monoisotopic (exact) mass is 262 g/mol. The summed E-state index contributed by atoms with van der Waals surface area (Å²) in [6, 6.07) is 8.62. The third kappa shape index (κ3) is 4.56. The van der Waals surface area contributed by atoms with E-state index in [2.05, 4.69) is 11.4 Å². The zero-order valence-electron chi connectivity index (χ0n) is 11.7. The van der Waals surface area contributed by atoms with Crippen molar-refractivity contribution in [3.63, 3.8) is 0 Å². The van der Waals surface area contributed by atoms with Crippen LogP contribution in [0.1, 0.15) is 25.3 Å². The van der Waals surface area contributed by atoms with Gasteiger partial charge in [-0.3, -0.25) is 4.79 Å². The fourth-order valence-electron chi connectivity index (χ4n) is 1.73. The molecule has 0 atom stereocenters. The highest BCUT2D eigenvalue weighted by Gasteiger charge is 2.19. The molecule has 0 aliphatic heterocycles. The smallest absolute Gasteiger partial charge is 0.260 e. The summed E-state index contributed by atoms with van der Waals surface area (Å²) in [5.41, 5.74) is 1.20. The first-order valence-corrected chi connectivity index (χ1v) is 6.88. The van der Waals surface area contributed by atoms with Gasteiger partial charge in [-0.05, 0) is 37.5 Å². The van der Waals surface area contributed by atoms with Gasteiger partial charge in [-0.15, -0.1) is 0 Å². The number of nitrogens with one attached hydrogen (secondary N) is 1. The summed E-state index contributed by atoms with van der Waals surface area (Å²) >= 11 is 0. The molecule has 4 heteroatoms. The molecule has 19 heavy (non-hydrogen) atoms. The minimum absolute atomic E-state index is 0.00371. The van der Waals surface area contributed by atoms with Crippen molar-refractivity contribution in [3.05, 3.63) is 29.8 Å². The van der Waals surface area contributed by atoms with Crippen LogP contribution in [-0.4, -0.2) is 37.0 Å². The van der Waals surface area contributed by atoms with E-state index in [1.54, 1.807) is 11.9 Å². The van der Waals surface area contributed by atoms with E-state index in [9.17, 15) is 4.79 Å². The average molecular weight is 262 g/mol. The number of hydrogen-bond donors (Lipinski definition) is 1. The van der Waals surface area contributed by atoms with Gasteiger partial charge in [0.05, 0.1) is 0 Å². The van der Waals surface area contributed by atoms with Gasteiger partial charge in [0.1, 0.15) is 5.75 Å². The second kappa shape index (κ2) is 6.57. The van der Waals surface area contributed by atoms with Crippen LogP contribution in [0, 0.1) is 0 Å². The number of ether oxygens (including phenoxy) is 1. The van der Waals surface area contributed by atoms with Crippen molar-refractivity contribution < 1.29 is 9.53 Å². The molecule has 2 rings (SSSR count). The normalized spacial score (nSPS) is 14.2. The van der Waals surface area contributed by atoms with Gasteiger partial charge >= 0.3 is 0 Å². The molecule has 1 saturated carbocycles. The summed E-state index contributed by atoms with van der Waals surface area (Å²) in [5.74, 6) is 0.761. The standard InChI is InChI=1S/C15H22N2O2/c1-3-17(2)15(18)11-19-14-6-4-5-12(9-14)10-16-13-7-8-13/h4-6,9,13,16H,3,7-8,10-11H2,1-2H3. The largest absolute Gasteiger partial charge is 0.484 e. The van der Waals surface area contributed by atoms with Crippen LogP contribution in [0.4, 0.5) is 0 Å². The summed E-state index contributed by atoms with van der Waals surface area (Å²) in [4.78, 5) is 13.3. The zero-order valence-corrected chi connectivity index (χ0v) is 11.7. The van der Waals surface area contributed by atoms with Crippen LogP contribution in [-0.2, 0) is 11.3 Å². The zero-order chi connectivity index (χ0) is 13.7. The van der Waals surface area contributed by atoms with Crippen molar-refractivity contribution in [2.45, 2.75) is 32.4 Å². The van der Waals surface area contributed by atoms with Gasteiger partial charge in [0.2, 0.25) is 0 Å². The van der Waals surface area contributed by atoms with E-state index in [-0.39, 0.29) is 12.5 Å². The highest BCUT2D eigenvalue weighted by atomic mass is 16.5. The molecule has 1 aliphatic carbocycles. The lowest BCUT2D eigenvalue weighted by Gasteiger charge is -2.15. The maximum atomic E-state index is 11.6. The Labute approximate surface area is 114 Å². The predicted molar refractivity (Wildman–Crippen MR) is 75.1 cm³/mol. The molecule has 1 amide bonds. The maximum absolute atomic E-state index is 11.6. The van der Waals surface area contributed by atoms with Crippen LogP contribution >= 0.6 is 0 Å². The van der Waals surface area contributed by atoms with Crippen molar-refractivity contribution in [2.75, 3.05) is 20.2 Å². The third-order valence-electron chi connectivity index (χ3n) is 3.33. The van der Waals surface area contributed by atoms with Crippen molar-refractivity contribution in [2.24, 2.45) is 0 Å². The van der Waals surface area contributed by atoms with E-state index in [0.717, 1.165) is 12.3 Å². The van der Waals surface area contributed by atoms with Gasteiger partial charge in [0.25, 0.3) is 5.91 Å². The highest BCUT2D eigenvalue weighted by Crippen LogP contribution is 2.20. The summed E-state index contributed by atoms with van der Waals surface area (Å²) < 4.78 is 5.53. The Morgan fingerprint density at radius 2 is 2.26 bits per heavy atom. The van der Waals surface area contributed by atoms with E-state index in [4.69, 9.17) is 4.74 Å². The molecule has 104 valence electrons. The molecule has 0 bridgehead atoms. The molecule has 1 aromatic rings. The lowest BCUT2D eigenvalue weighted by Crippen LogP contribution is -2.31. The molecular weight excluding hydrogens is 240 g/mol. The molecule has 0 spiro atoms. The Morgan fingerprint density at radius 3 is 2.95 bits per heavy atom. The third-order valence-corrected chi connectivity index (χ3v) is 3.33. The molecule has 1 aliphatic rings. The van der Waals surface area contributed by atoms with Crippen LogP contribution < -0.4 is 10.1 Å². The predicted octanol–water partition coefficient (Wildman–Crippen LogP) is 1.80. The Kier molecular flexibility index (Phi) is 4.80. The minimum Gasteiger partial charge on any atom is -0.484 e. The van der Waals surface area contributed by atoms with Gasteiger partial charge in [-0.25, -0.2) is 0 Å². The highest BCUT2D eigenvalue weighted by molar-refractivity contribution is 5.77. The molecule has 0 unspecified atom stereocenters. The number of benzene rings is 1. The number of carbonyl (C=O) groups is 1. The van der Waals surface area contributed by atoms with Crippen LogP contribution in [0.2, 0.25) is 0 Å². The van der Waals surface area contributed by atoms with Gasteiger partial charge in [0, 0.05) is 26.2 Å². The molecule has 1 aromatic carbocycles.